The van der Waals surface area contributed by atoms with Crippen LogP contribution in [0.2, 0.25) is 0 Å². The minimum Gasteiger partial charge on any atom is -0.392 e. The van der Waals surface area contributed by atoms with Crippen molar-refractivity contribution in [3.05, 3.63) is 24.3 Å². The Bertz CT molecular complexity index is 280. The summed E-state index contributed by atoms with van der Waals surface area (Å²) in [6, 6.07) is 0. The Labute approximate surface area is 76.7 Å². The van der Waals surface area contributed by atoms with E-state index in [2.05, 4.69) is 0 Å². The van der Waals surface area contributed by atoms with Gasteiger partial charge < -0.3 is 9.84 Å². The summed E-state index contributed by atoms with van der Waals surface area (Å²) in [6.07, 6.45) is 8.05. The second-order valence-electron chi connectivity index (χ2n) is 3.47. The van der Waals surface area contributed by atoms with Crippen molar-refractivity contribution >= 4 is 5.78 Å². The lowest BCUT2D eigenvalue weighted by Crippen LogP contribution is -2.36. The molecule has 0 saturated carbocycles. The van der Waals surface area contributed by atoms with Crippen LogP contribution in [0.25, 0.3) is 0 Å². The highest BCUT2D eigenvalue weighted by atomic mass is 16.5. The summed E-state index contributed by atoms with van der Waals surface area (Å²) < 4.78 is 5.63. The van der Waals surface area contributed by atoms with Gasteiger partial charge in [-0.2, -0.15) is 0 Å². The molecule has 0 unspecified atom stereocenters. The van der Waals surface area contributed by atoms with Crippen LogP contribution in [0.3, 0.4) is 0 Å². The number of ether oxygens (including phenoxy) is 1. The molecule has 13 heavy (non-hydrogen) atoms. The van der Waals surface area contributed by atoms with Crippen molar-refractivity contribution in [2.24, 2.45) is 0 Å². The van der Waals surface area contributed by atoms with Crippen LogP contribution in [-0.4, -0.2) is 29.2 Å². The first-order valence-electron chi connectivity index (χ1n) is 4.41. The van der Waals surface area contributed by atoms with Crippen molar-refractivity contribution in [1.82, 2.24) is 0 Å². The molecule has 2 bridgehead atoms. The SMILES string of the molecule is O=C1C[C@H]2C=C[C@@](/C=C/CO)(C1)O2. The highest BCUT2D eigenvalue weighted by molar-refractivity contribution is 5.82. The molecule has 0 amide bonds. The molecular weight excluding hydrogens is 168 g/mol. The van der Waals surface area contributed by atoms with Crippen LogP contribution >= 0.6 is 0 Å². The molecule has 70 valence electrons. The molecule has 1 saturated heterocycles. The van der Waals surface area contributed by atoms with Crippen LogP contribution in [0, 0.1) is 0 Å². The molecule has 0 spiro atoms. The summed E-state index contributed by atoms with van der Waals surface area (Å²) in [4.78, 5) is 11.3. The maximum Gasteiger partial charge on any atom is 0.139 e. The Hall–Kier alpha value is -0.930. The number of rotatable bonds is 2. The Balaban J connectivity index is 2.18. The van der Waals surface area contributed by atoms with E-state index >= 15 is 0 Å². The Morgan fingerprint density at radius 1 is 1.77 bits per heavy atom. The average molecular weight is 180 g/mol. The van der Waals surface area contributed by atoms with Gasteiger partial charge in [0.1, 0.15) is 11.4 Å². The van der Waals surface area contributed by atoms with Crippen molar-refractivity contribution in [3.8, 4) is 0 Å². The smallest absolute Gasteiger partial charge is 0.139 e. The number of ketones is 1. The minimum absolute atomic E-state index is 0.0161. The van der Waals surface area contributed by atoms with Gasteiger partial charge >= 0.3 is 0 Å². The van der Waals surface area contributed by atoms with Gasteiger partial charge in [0.25, 0.3) is 0 Å². The third-order valence-electron chi connectivity index (χ3n) is 2.37. The van der Waals surface area contributed by atoms with Gasteiger partial charge in [0.15, 0.2) is 0 Å². The lowest BCUT2D eigenvalue weighted by Gasteiger charge is -2.29. The molecule has 2 heterocycles. The number of hydrogen-bond acceptors (Lipinski definition) is 3. The second-order valence-corrected chi connectivity index (χ2v) is 3.47. The summed E-state index contributed by atoms with van der Waals surface area (Å²) >= 11 is 0. The van der Waals surface area contributed by atoms with Gasteiger partial charge in [0, 0.05) is 12.8 Å². The van der Waals surface area contributed by atoms with Gasteiger partial charge in [-0.05, 0) is 6.08 Å². The average Bonchev–Trinajstić information content (AvgIpc) is 2.40. The normalized spacial score (nSPS) is 37.6. The molecule has 2 atom stereocenters. The zero-order valence-corrected chi connectivity index (χ0v) is 7.27. The Morgan fingerprint density at radius 2 is 2.62 bits per heavy atom. The van der Waals surface area contributed by atoms with Crippen molar-refractivity contribution in [2.45, 2.75) is 24.5 Å². The molecule has 0 radical (unpaired) electrons. The van der Waals surface area contributed by atoms with Crippen molar-refractivity contribution in [1.29, 1.82) is 0 Å². The van der Waals surface area contributed by atoms with E-state index in [4.69, 9.17) is 9.84 Å². The molecule has 2 aliphatic rings. The predicted molar refractivity (Wildman–Crippen MR) is 47.2 cm³/mol. The van der Waals surface area contributed by atoms with E-state index in [-0.39, 0.29) is 18.5 Å². The van der Waals surface area contributed by atoms with Crippen LogP contribution in [0.4, 0.5) is 0 Å². The molecular formula is C10H12O3. The van der Waals surface area contributed by atoms with E-state index in [1.807, 2.05) is 12.2 Å². The lowest BCUT2D eigenvalue weighted by molar-refractivity contribution is -0.132. The quantitative estimate of drug-likeness (QED) is 0.633. The summed E-state index contributed by atoms with van der Waals surface area (Å²) in [5.74, 6) is 0.226. The molecule has 2 aliphatic heterocycles. The van der Waals surface area contributed by atoms with Crippen LogP contribution in [0.1, 0.15) is 12.8 Å². The molecule has 0 aromatic rings. The minimum atomic E-state index is -0.553. The van der Waals surface area contributed by atoms with Crippen LogP contribution in [0.15, 0.2) is 24.3 Å². The lowest BCUT2D eigenvalue weighted by atomic mass is 9.94. The first-order valence-corrected chi connectivity index (χ1v) is 4.41. The van der Waals surface area contributed by atoms with Gasteiger partial charge in [-0.25, -0.2) is 0 Å². The van der Waals surface area contributed by atoms with Gasteiger partial charge in [-0.15, -0.1) is 0 Å². The van der Waals surface area contributed by atoms with E-state index in [1.165, 1.54) is 0 Å². The molecule has 0 aromatic carbocycles. The summed E-state index contributed by atoms with van der Waals surface area (Å²) in [5, 5.41) is 8.63. The molecule has 0 aliphatic carbocycles. The number of aliphatic hydroxyl groups is 1. The first-order chi connectivity index (χ1) is 6.24. The van der Waals surface area contributed by atoms with E-state index in [0.717, 1.165) is 0 Å². The van der Waals surface area contributed by atoms with Crippen LogP contribution in [0.5, 0.6) is 0 Å². The van der Waals surface area contributed by atoms with Crippen molar-refractivity contribution in [2.75, 3.05) is 6.61 Å². The Morgan fingerprint density at radius 3 is 3.38 bits per heavy atom. The third-order valence-corrected chi connectivity index (χ3v) is 2.37. The Kier molecular flexibility index (Phi) is 2.06. The van der Waals surface area contributed by atoms with Gasteiger partial charge in [-0.1, -0.05) is 18.2 Å². The zero-order valence-electron chi connectivity index (χ0n) is 7.27. The highest BCUT2D eigenvalue weighted by Crippen LogP contribution is 2.35. The van der Waals surface area contributed by atoms with Crippen molar-refractivity contribution in [3.63, 3.8) is 0 Å². The third kappa shape index (κ3) is 1.57. The largest absolute Gasteiger partial charge is 0.392 e. The first kappa shape index (κ1) is 8.66. The summed E-state index contributed by atoms with van der Waals surface area (Å²) in [5.41, 5.74) is -0.553. The number of carbonyl (C=O) groups excluding carboxylic acids is 1. The van der Waals surface area contributed by atoms with E-state index in [9.17, 15) is 4.79 Å². The van der Waals surface area contributed by atoms with Crippen LogP contribution < -0.4 is 0 Å². The highest BCUT2D eigenvalue weighted by Gasteiger charge is 2.40. The van der Waals surface area contributed by atoms with E-state index < -0.39 is 5.60 Å². The molecule has 3 nitrogen and oxygen atoms in total. The number of fused-ring (bicyclic) bond motifs is 2. The van der Waals surface area contributed by atoms with E-state index in [0.29, 0.717) is 12.8 Å². The number of aliphatic hydroxyl groups excluding tert-OH is 1. The van der Waals surface area contributed by atoms with Crippen molar-refractivity contribution < 1.29 is 14.6 Å². The second kappa shape index (κ2) is 3.09. The summed E-state index contributed by atoms with van der Waals surface area (Å²) in [6.45, 7) is -0.0161. The molecule has 3 heteroatoms. The summed E-state index contributed by atoms with van der Waals surface area (Å²) in [7, 11) is 0. The molecule has 2 rings (SSSR count). The topological polar surface area (TPSA) is 46.5 Å². The fourth-order valence-electron chi connectivity index (χ4n) is 1.85. The molecule has 0 aromatic heterocycles. The molecule has 1 N–H and O–H groups in total. The molecule has 1 fully saturated rings. The zero-order chi connectivity index (χ0) is 9.31. The predicted octanol–water partition coefficient (Wildman–Crippen LogP) is 0.592. The maximum absolute atomic E-state index is 11.3. The number of carbonyl (C=O) groups is 1. The van der Waals surface area contributed by atoms with Gasteiger partial charge in [0.2, 0.25) is 0 Å². The fourth-order valence-corrected chi connectivity index (χ4v) is 1.85. The number of Topliss-reactive ketones (excluding diaryl/α,β-unsaturated/α-hetero) is 1. The number of hydrogen-bond donors (Lipinski definition) is 1. The maximum atomic E-state index is 11.3. The standard InChI is InChI=1S/C10H12O3/c11-5-1-3-10-4-2-9(13-10)6-8(12)7-10/h1-4,9,11H,5-7H2/b3-1+/t9-,10+/m1/s1. The van der Waals surface area contributed by atoms with Gasteiger partial charge in [0.05, 0.1) is 12.7 Å². The van der Waals surface area contributed by atoms with Crippen LogP contribution in [-0.2, 0) is 9.53 Å². The monoisotopic (exact) mass is 180 g/mol. The van der Waals surface area contributed by atoms with E-state index in [1.54, 1.807) is 12.2 Å². The van der Waals surface area contributed by atoms with Gasteiger partial charge in [-0.3, -0.25) is 4.79 Å². The fraction of sp³-hybridized carbons (Fsp3) is 0.500.